The van der Waals surface area contributed by atoms with Crippen LogP contribution in [0.2, 0.25) is 5.02 Å². The van der Waals surface area contributed by atoms with Crippen molar-refractivity contribution in [3.8, 4) is 0 Å². The van der Waals surface area contributed by atoms with E-state index in [0.717, 1.165) is 22.7 Å². The lowest BCUT2D eigenvalue weighted by Gasteiger charge is -2.06. The summed E-state index contributed by atoms with van der Waals surface area (Å²) in [6, 6.07) is 14.5. The first kappa shape index (κ1) is 16.5. The Labute approximate surface area is 129 Å². The van der Waals surface area contributed by atoms with Crippen LogP contribution in [0.5, 0.6) is 0 Å². The molecule has 0 atom stereocenters. The van der Waals surface area contributed by atoms with Gasteiger partial charge in [-0.05, 0) is 35.4 Å². The van der Waals surface area contributed by atoms with Gasteiger partial charge in [0.05, 0.1) is 5.56 Å². The molecule has 0 spiro atoms. The maximum atomic E-state index is 10.7. The van der Waals surface area contributed by atoms with Crippen molar-refractivity contribution in [2.24, 2.45) is 0 Å². The van der Waals surface area contributed by atoms with Gasteiger partial charge in [-0.3, -0.25) is 0 Å². The molecule has 2 N–H and O–H groups in total. The Balaban J connectivity index is 0.00000200. The summed E-state index contributed by atoms with van der Waals surface area (Å²) in [6.45, 7) is 1.41. The van der Waals surface area contributed by atoms with Gasteiger partial charge in [0.25, 0.3) is 0 Å². The minimum Gasteiger partial charge on any atom is -1.00 e. The van der Waals surface area contributed by atoms with Gasteiger partial charge in [-0.15, -0.1) is 0 Å². The third-order valence-electron chi connectivity index (χ3n) is 2.75. The van der Waals surface area contributed by atoms with Gasteiger partial charge in [-0.25, -0.2) is 4.79 Å². The Kier molecular flexibility index (Phi) is 6.52. The predicted octanol–water partition coefficient (Wildman–Crippen LogP) is 0.332. The van der Waals surface area contributed by atoms with E-state index in [9.17, 15) is 4.79 Å². The number of hydrogen-bond acceptors (Lipinski definition) is 2. The average molecular weight is 311 g/mol. The van der Waals surface area contributed by atoms with Crippen LogP contribution in [0.25, 0.3) is 0 Å². The lowest BCUT2D eigenvalue weighted by atomic mass is 10.1. The zero-order valence-electron chi connectivity index (χ0n) is 10.6. The molecule has 0 amide bonds. The van der Waals surface area contributed by atoms with Gasteiger partial charge in [-0.1, -0.05) is 35.9 Å². The molecule has 0 aliphatic heterocycles. The molecule has 0 aromatic heterocycles. The molecular formula is C15H14Cl2NO2-. The minimum atomic E-state index is -0.904. The molecule has 0 saturated carbocycles. The number of nitrogens with one attached hydrogen (secondary N) is 1. The van der Waals surface area contributed by atoms with Crippen molar-refractivity contribution >= 4 is 17.6 Å². The van der Waals surface area contributed by atoms with Crippen molar-refractivity contribution in [3.05, 3.63) is 70.2 Å². The van der Waals surface area contributed by atoms with Gasteiger partial charge in [0.1, 0.15) is 0 Å². The van der Waals surface area contributed by atoms with Crippen LogP contribution in [0.3, 0.4) is 0 Å². The second kappa shape index (κ2) is 7.90. The van der Waals surface area contributed by atoms with Crippen molar-refractivity contribution < 1.29 is 22.3 Å². The Hall–Kier alpha value is -1.55. The first-order valence-electron chi connectivity index (χ1n) is 5.92. The van der Waals surface area contributed by atoms with E-state index in [0.29, 0.717) is 12.1 Å². The van der Waals surface area contributed by atoms with Crippen LogP contribution in [0.15, 0.2) is 48.5 Å². The van der Waals surface area contributed by atoms with Crippen LogP contribution < -0.4 is 17.7 Å². The largest absolute Gasteiger partial charge is 1.00 e. The smallest absolute Gasteiger partial charge is 0.335 e. The van der Waals surface area contributed by atoms with E-state index in [1.807, 2.05) is 36.4 Å². The summed E-state index contributed by atoms with van der Waals surface area (Å²) in [6.07, 6.45) is 0. The first-order chi connectivity index (χ1) is 9.15. The Morgan fingerprint density at radius 1 is 1.05 bits per heavy atom. The molecule has 2 aromatic carbocycles. The summed E-state index contributed by atoms with van der Waals surface area (Å²) in [7, 11) is 0. The lowest BCUT2D eigenvalue weighted by Crippen LogP contribution is -3.00. The first-order valence-corrected chi connectivity index (χ1v) is 6.30. The number of benzene rings is 2. The molecule has 2 rings (SSSR count). The third kappa shape index (κ3) is 4.85. The molecule has 0 aliphatic rings. The molecule has 106 valence electrons. The third-order valence-corrected chi connectivity index (χ3v) is 2.98. The van der Waals surface area contributed by atoms with Crippen LogP contribution >= 0.6 is 11.6 Å². The molecule has 3 nitrogen and oxygen atoms in total. The highest BCUT2D eigenvalue weighted by Gasteiger charge is 2.01. The number of carboxylic acid groups (broad SMARTS) is 1. The summed E-state index contributed by atoms with van der Waals surface area (Å²) in [5.41, 5.74) is 2.47. The number of hydrogen-bond donors (Lipinski definition) is 2. The van der Waals surface area contributed by atoms with Crippen LogP contribution in [0.1, 0.15) is 21.5 Å². The highest BCUT2D eigenvalue weighted by molar-refractivity contribution is 6.30. The molecule has 2 aromatic rings. The lowest BCUT2D eigenvalue weighted by molar-refractivity contribution is -0.0000193. The van der Waals surface area contributed by atoms with Gasteiger partial charge in [-0.2, -0.15) is 0 Å². The zero-order chi connectivity index (χ0) is 13.7. The molecule has 0 saturated heterocycles. The van der Waals surface area contributed by atoms with E-state index >= 15 is 0 Å². The van der Waals surface area contributed by atoms with Crippen LogP contribution in [-0.2, 0) is 13.1 Å². The summed E-state index contributed by atoms with van der Waals surface area (Å²) >= 11 is 5.90. The van der Waals surface area contributed by atoms with Crippen molar-refractivity contribution in [2.75, 3.05) is 0 Å². The summed E-state index contributed by atoms with van der Waals surface area (Å²) in [4.78, 5) is 10.7. The van der Waals surface area contributed by atoms with Crippen LogP contribution in [0.4, 0.5) is 0 Å². The van der Waals surface area contributed by atoms with Crippen LogP contribution in [-0.4, -0.2) is 11.1 Å². The minimum absolute atomic E-state index is 0. The van der Waals surface area contributed by atoms with Crippen molar-refractivity contribution in [1.82, 2.24) is 5.32 Å². The standard InChI is InChI=1S/C15H14ClNO2.ClH/c16-14-3-1-2-12(8-14)10-17-9-11-4-6-13(7-5-11)15(18)19;/h1-8,17H,9-10H2,(H,18,19);1H/p-1. The maximum absolute atomic E-state index is 10.7. The molecule has 0 bridgehead atoms. The summed E-state index contributed by atoms with van der Waals surface area (Å²) < 4.78 is 0. The second-order valence-electron chi connectivity index (χ2n) is 4.24. The Morgan fingerprint density at radius 2 is 1.70 bits per heavy atom. The van der Waals surface area contributed by atoms with E-state index in [1.54, 1.807) is 12.1 Å². The van der Waals surface area contributed by atoms with E-state index in [1.165, 1.54) is 0 Å². The molecular weight excluding hydrogens is 297 g/mol. The average Bonchev–Trinajstić information content (AvgIpc) is 2.39. The Bertz CT molecular complexity index is 570. The number of halogens is 2. The van der Waals surface area contributed by atoms with Gasteiger partial charge < -0.3 is 22.8 Å². The monoisotopic (exact) mass is 310 g/mol. The maximum Gasteiger partial charge on any atom is 0.335 e. The fraction of sp³-hybridized carbons (Fsp3) is 0.133. The molecule has 0 aliphatic carbocycles. The predicted molar refractivity (Wildman–Crippen MR) is 75.4 cm³/mol. The highest BCUT2D eigenvalue weighted by Crippen LogP contribution is 2.10. The number of rotatable bonds is 5. The number of carboxylic acids is 1. The summed E-state index contributed by atoms with van der Waals surface area (Å²) in [5.74, 6) is -0.904. The van der Waals surface area contributed by atoms with Gasteiger partial charge >= 0.3 is 5.97 Å². The number of carbonyl (C=O) groups is 1. The molecule has 5 heteroatoms. The van der Waals surface area contributed by atoms with E-state index in [-0.39, 0.29) is 12.4 Å². The highest BCUT2D eigenvalue weighted by atomic mass is 35.5. The molecule has 0 fully saturated rings. The SMILES string of the molecule is O=C(O)c1ccc(CNCc2cccc(Cl)c2)cc1.[Cl-]. The Morgan fingerprint density at radius 3 is 2.30 bits per heavy atom. The second-order valence-corrected chi connectivity index (χ2v) is 4.67. The van der Waals surface area contributed by atoms with Gasteiger partial charge in [0.15, 0.2) is 0 Å². The van der Waals surface area contributed by atoms with Crippen molar-refractivity contribution in [3.63, 3.8) is 0 Å². The van der Waals surface area contributed by atoms with E-state index in [2.05, 4.69) is 5.32 Å². The van der Waals surface area contributed by atoms with Gasteiger partial charge in [0.2, 0.25) is 0 Å². The zero-order valence-corrected chi connectivity index (χ0v) is 12.2. The number of aromatic carboxylic acids is 1. The normalized spacial score (nSPS) is 9.85. The van der Waals surface area contributed by atoms with Crippen molar-refractivity contribution in [1.29, 1.82) is 0 Å². The fourth-order valence-corrected chi connectivity index (χ4v) is 1.98. The molecule has 0 unspecified atom stereocenters. The van der Waals surface area contributed by atoms with Gasteiger partial charge in [0, 0.05) is 18.1 Å². The summed E-state index contributed by atoms with van der Waals surface area (Å²) in [5, 5.41) is 12.8. The molecule has 0 heterocycles. The van der Waals surface area contributed by atoms with Crippen molar-refractivity contribution in [2.45, 2.75) is 13.1 Å². The van der Waals surface area contributed by atoms with Crippen LogP contribution in [0, 0.1) is 0 Å². The fourth-order valence-electron chi connectivity index (χ4n) is 1.76. The van der Waals surface area contributed by atoms with E-state index < -0.39 is 5.97 Å². The topological polar surface area (TPSA) is 49.3 Å². The van der Waals surface area contributed by atoms with E-state index in [4.69, 9.17) is 16.7 Å². The molecule has 0 radical (unpaired) electrons. The quantitative estimate of drug-likeness (QED) is 0.837. The molecule has 20 heavy (non-hydrogen) atoms.